The van der Waals surface area contributed by atoms with Crippen LogP contribution in [-0.4, -0.2) is 10.1 Å². The molecule has 0 saturated heterocycles. The zero-order chi connectivity index (χ0) is 13.2. The Morgan fingerprint density at radius 1 is 1.21 bits per heavy atom. The van der Waals surface area contributed by atoms with Gasteiger partial charge >= 0.3 is 0 Å². The molecular weight excluding hydrogens is 259 g/mol. The number of hydrogen-bond donors (Lipinski definition) is 0. The quantitative estimate of drug-likeness (QED) is 0.606. The number of rotatable bonds is 2. The van der Waals surface area contributed by atoms with Crippen molar-refractivity contribution >= 4 is 23.1 Å². The normalized spacial score (nSPS) is 12.9. The lowest BCUT2D eigenvalue weighted by molar-refractivity contribution is 0.613. The monoisotopic (exact) mass is 270 g/mol. The molecule has 19 heavy (non-hydrogen) atoms. The van der Waals surface area contributed by atoms with Crippen molar-refractivity contribution < 1.29 is 4.39 Å². The number of aromatic nitrogens is 1. The van der Waals surface area contributed by atoms with Gasteiger partial charge in [0, 0.05) is 18.0 Å². The summed E-state index contributed by atoms with van der Waals surface area (Å²) in [7, 11) is 0. The Morgan fingerprint density at radius 3 is 2.68 bits per heavy atom. The van der Waals surface area contributed by atoms with Crippen LogP contribution in [0.15, 0.2) is 35.6 Å². The molecule has 2 aromatic rings. The Hall–Kier alpha value is -1.90. The minimum absolute atomic E-state index is 0.150. The first-order chi connectivity index (χ1) is 9.31. The smallest absolute Gasteiger partial charge is 0.127 e. The molecular formula is C15H11FN2S. The van der Waals surface area contributed by atoms with Gasteiger partial charge < -0.3 is 0 Å². The molecule has 94 valence electrons. The summed E-state index contributed by atoms with van der Waals surface area (Å²) in [6.07, 6.45) is 5.96. The van der Waals surface area contributed by atoms with Gasteiger partial charge in [0.15, 0.2) is 0 Å². The second kappa shape index (κ2) is 5.00. The number of isothiocyanates is 1. The molecule has 0 spiro atoms. The van der Waals surface area contributed by atoms with E-state index in [1.165, 1.54) is 0 Å². The highest BCUT2D eigenvalue weighted by Crippen LogP contribution is 2.40. The maximum absolute atomic E-state index is 14.2. The largest absolute Gasteiger partial charge is 0.265 e. The summed E-state index contributed by atoms with van der Waals surface area (Å²) in [6, 6.07) is 5.24. The molecule has 1 aliphatic rings. The average Bonchev–Trinajstić information content (AvgIpc) is 2.93. The van der Waals surface area contributed by atoms with Crippen molar-refractivity contribution in [2.24, 2.45) is 4.99 Å². The van der Waals surface area contributed by atoms with Crippen LogP contribution in [0.4, 0.5) is 10.1 Å². The van der Waals surface area contributed by atoms with E-state index in [2.05, 4.69) is 15.1 Å². The number of nitrogens with zero attached hydrogens (tertiary/aromatic N) is 2. The molecule has 0 radical (unpaired) electrons. The Labute approximate surface area is 116 Å². The van der Waals surface area contributed by atoms with E-state index in [9.17, 15) is 4.39 Å². The number of fused-ring (bicyclic) bond motifs is 1. The molecule has 0 amide bonds. The van der Waals surface area contributed by atoms with E-state index in [1.54, 1.807) is 18.5 Å². The molecule has 4 heteroatoms. The maximum Gasteiger partial charge on any atom is 0.127 e. The van der Waals surface area contributed by atoms with Gasteiger partial charge in [-0.2, -0.15) is 4.99 Å². The van der Waals surface area contributed by atoms with E-state index in [0.29, 0.717) is 0 Å². The summed E-state index contributed by atoms with van der Waals surface area (Å²) in [6.45, 7) is 0. The first kappa shape index (κ1) is 12.2. The zero-order valence-corrected chi connectivity index (χ0v) is 11.0. The van der Waals surface area contributed by atoms with Crippen LogP contribution in [-0.2, 0) is 12.8 Å². The molecule has 2 nitrogen and oxygen atoms in total. The maximum atomic E-state index is 14.2. The standard InChI is InChI=1S/C15H11FN2S/c16-14-8-13(10-4-6-17-7-5-10)15(18-9-19)12-3-1-2-11(12)14/h4-8H,1-3H2. The van der Waals surface area contributed by atoms with Crippen LogP contribution in [0.2, 0.25) is 0 Å². The minimum atomic E-state index is -0.150. The van der Waals surface area contributed by atoms with E-state index in [0.717, 1.165) is 47.2 Å². The number of halogens is 1. The van der Waals surface area contributed by atoms with Crippen molar-refractivity contribution in [2.75, 3.05) is 0 Å². The fourth-order valence-electron chi connectivity index (χ4n) is 2.64. The van der Waals surface area contributed by atoms with Crippen molar-refractivity contribution in [3.8, 4) is 11.1 Å². The van der Waals surface area contributed by atoms with E-state index in [-0.39, 0.29) is 5.82 Å². The lowest BCUT2D eigenvalue weighted by Gasteiger charge is -2.11. The number of pyridine rings is 1. The molecule has 1 aliphatic carbocycles. The van der Waals surface area contributed by atoms with Crippen LogP contribution in [0.3, 0.4) is 0 Å². The van der Waals surface area contributed by atoms with Gasteiger partial charge in [-0.3, -0.25) is 4.98 Å². The summed E-state index contributed by atoms with van der Waals surface area (Å²) in [5, 5.41) is 2.41. The van der Waals surface area contributed by atoms with Crippen LogP contribution in [0.5, 0.6) is 0 Å². The van der Waals surface area contributed by atoms with E-state index in [1.807, 2.05) is 12.1 Å². The Bertz CT molecular complexity index is 676. The van der Waals surface area contributed by atoms with Gasteiger partial charge in [-0.1, -0.05) is 0 Å². The lowest BCUT2D eigenvalue weighted by Crippen LogP contribution is -1.93. The summed E-state index contributed by atoms with van der Waals surface area (Å²) in [4.78, 5) is 8.15. The van der Waals surface area contributed by atoms with Gasteiger partial charge in [0.2, 0.25) is 0 Å². The van der Waals surface area contributed by atoms with E-state index >= 15 is 0 Å². The average molecular weight is 270 g/mol. The molecule has 0 N–H and O–H groups in total. The third-order valence-corrected chi connectivity index (χ3v) is 3.56. The first-order valence-electron chi connectivity index (χ1n) is 6.14. The van der Waals surface area contributed by atoms with Crippen LogP contribution in [0.25, 0.3) is 11.1 Å². The Kier molecular flexibility index (Phi) is 3.20. The van der Waals surface area contributed by atoms with Crippen molar-refractivity contribution in [2.45, 2.75) is 19.3 Å². The van der Waals surface area contributed by atoms with Gasteiger partial charge in [-0.15, -0.1) is 0 Å². The number of thiocarbonyl (C=S) groups is 1. The third kappa shape index (κ3) is 2.09. The molecule has 0 bridgehead atoms. The highest BCUT2D eigenvalue weighted by Gasteiger charge is 2.22. The van der Waals surface area contributed by atoms with Crippen molar-refractivity contribution in [3.63, 3.8) is 0 Å². The molecule has 0 atom stereocenters. The van der Waals surface area contributed by atoms with Crippen LogP contribution in [0.1, 0.15) is 17.5 Å². The molecule has 1 heterocycles. The van der Waals surface area contributed by atoms with Crippen LogP contribution < -0.4 is 0 Å². The van der Waals surface area contributed by atoms with Gasteiger partial charge in [0.25, 0.3) is 0 Å². The number of hydrogen-bond acceptors (Lipinski definition) is 3. The highest BCUT2D eigenvalue weighted by atomic mass is 32.1. The summed E-state index contributed by atoms with van der Waals surface area (Å²) in [5.41, 5.74) is 4.17. The zero-order valence-electron chi connectivity index (χ0n) is 10.2. The minimum Gasteiger partial charge on any atom is -0.265 e. The SMILES string of the molecule is Fc1cc(-c2ccncc2)c(N=C=S)c2c1CCC2. The van der Waals surface area contributed by atoms with Crippen LogP contribution >= 0.6 is 12.2 Å². The number of aliphatic imine (C=N–C) groups is 1. The lowest BCUT2D eigenvalue weighted by atomic mass is 9.98. The second-order valence-corrected chi connectivity index (χ2v) is 4.69. The van der Waals surface area contributed by atoms with Gasteiger partial charge in [-0.05, 0) is 66.4 Å². The molecule has 0 unspecified atom stereocenters. The van der Waals surface area contributed by atoms with Crippen molar-refractivity contribution in [1.29, 1.82) is 0 Å². The molecule has 3 rings (SSSR count). The van der Waals surface area contributed by atoms with Crippen molar-refractivity contribution in [1.82, 2.24) is 4.98 Å². The predicted molar refractivity (Wildman–Crippen MR) is 76.3 cm³/mol. The molecule has 0 fully saturated rings. The summed E-state index contributed by atoms with van der Waals surface area (Å²) >= 11 is 4.72. The molecule has 0 saturated carbocycles. The molecule has 1 aromatic carbocycles. The fraction of sp³-hybridized carbons (Fsp3) is 0.200. The van der Waals surface area contributed by atoms with Crippen LogP contribution in [0, 0.1) is 5.82 Å². The third-order valence-electron chi connectivity index (χ3n) is 3.47. The first-order valence-corrected chi connectivity index (χ1v) is 6.54. The van der Waals surface area contributed by atoms with Gasteiger partial charge in [0.05, 0.1) is 10.8 Å². The summed E-state index contributed by atoms with van der Waals surface area (Å²) < 4.78 is 14.2. The molecule has 0 aliphatic heterocycles. The fourth-order valence-corrected chi connectivity index (χ4v) is 2.73. The Balaban J connectivity index is 2.30. The predicted octanol–water partition coefficient (Wildman–Crippen LogP) is 4.11. The van der Waals surface area contributed by atoms with Crippen molar-refractivity contribution in [3.05, 3.63) is 47.5 Å². The highest BCUT2D eigenvalue weighted by molar-refractivity contribution is 7.78. The topological polar surface area (TPSA) is 25.2 Å². The van der Waals surface area contributed by atoms with Gasteiger partial charge in [-0.25, -0.2) is 4.39 Å². The summed E-state index contributed by atoms with van der Waals surface area (Å²) in [5.74, 6) is -0.150. The molecule has 1 aromatic heterocycles. The van der Waals surface area contributed by atoms with Gasteiger partial charge in [0.1, 0.15) is 5.82 Å². The number of benzene rings is 1. The second-order valence-electron chi connectivity index (χ2n) is 4.50. The van der Waals surface area contributed by atoms with E-state index < -0.39 is 0 Å². The Morgan fingerprint density at radius 2 is 1.95 bits per heavy atom. The van der Waals surface area contributed by atoms with E-state index in [4.69, 9.17) is 12.2 Å².